The first-order chi connectivity index (χ1) is 15.0. The number of hydrogen-bond acceptors (Lipinski definition) is 5. The van der Waals surface area contributed by atoms with Gasteiger partial charge in [0.2, 0.25) is 11.8 Å². The van der Waals surface area contributed by atoms with Crippen LogP contribution in [0.5, 0.6) is 5.75 Å². The third-order valence-corrected chi connectivity index (χ3v) is 4.99. The molecule has 162 valence electrons. The molecule has 2 aromatic carbocycles. The monoisotopic (exact) mass is 423 g/mol. The van der Waals surface area contributed by atoms with E-state index in [4.69, 9.17) is 4.74 Å². The molecule has 0 spiro atoms. The lowest BCUT2D eigenvalue weighted by atomic mass is 10.1. The summed E-state index contributed by atoms with van der Waals surface area (Å²) < 4.78 is 5.22. The van der Waals surface area contributed by atoms with Gasteiger partial charge in [-0.1, -0.05) is 31.2 Å². The zero-order valence-electron chi connectivity index (χ0n) is 17.6. The van der Waals surface area contributed by atoms with Crippen LogP contribution in [0.2, 0.25) is 0 Å². The fourth-order valence-corrected chi connectivity index (χ4v) is 3.48. The summed E-state index contributed by atoms with van der Waals surface area (Å²) in [5.74, 6) is -0.927. The van der Waals surface area contributed by atoms with Gasteiger partial charge < -0.3 is 15.0 Å². The molecule has 8 nitrogen and oxygen atoms in total. The number of nitrogens with zero attached hydrogens (tertiary/aromatic N) is 2. The summed E-state index contributed by atoms with van der Waals surface area (Å²) in [6.07, 6.45) is 0.619. The quantitative estimate of drug-likeness (QED) is 0.626. The maximum absolute atomic E-state index is 12.8. The van der Waals surface area contributed by atoms with E-state index in [1.807, 2.05) is 6.92 Å². The van der Waals surface area contributed by atoms with Crippen molar-refractivity contribution in [3.63, 3.8) is 0 Å². The van der Waals surface area contributed by atoms with Gasteiger partial charge in [0.1, 0.15) is 5.75 Å². The van der Waals surface area contributed by atoms with Gasteiger partial charge >= 0.3 is 0 Å². The topological polar surface area (TPSA) is 96.0 Å². The second-order valence-corrected chi connectivity index (χ2v) is 7.12. The number of carbonyl (C=O) groups is 4. The molecule has 1 aliphatic rings. The van der Waals surface area contributed by atoms with Crippen LogP contribution in [-0.4, -0.2) is 60.2 Å². The first-order valence-electron chi connectivity index (χ1n) is 10.1. The van der Waals surface area contributed by atoms with E-state index >= 15 is 0 Å². The van der Waals surface area contributed by atoms with Crippen molar-refractivity contribution in [3.8, 4) is 5.75 Å². The Bertz CT molecular complexity index is 969. The molecule has 0 radical (unpaired) electrons. The van der Waals surface area contributed by atoms with Crippen LogP contribution in [0.3, 0.4) is 0 Å². The molecule has 1 aliphatic heterocycles. The van der Waals surface area contributed by atoms with E-state index in [1.54, 1.807) is 48.5 Å². The molecule has 0 aliphatic carbocycles. The zero-order chi connectivity index (χ0) is 22.4. The van der Waals surface area contributed by atoms with Crippen molar-refractivity contribution in [1.82, 2.24) is 9.80 Å². The van der Waals surface area contributed by atoms with Crippen molar-refractivity contribution in [2.75, 3.05) is 32.1 Å². The molecule has 31 heavy (non-hydrogen) atoms. The van der Waals surface area contributed by atoms with Gasteiger partial charge in [-0.15, -0.1) is 0 Å². The maximum atomic E-state index is 12.8. The number of para-hydroxylation sites is 2. The van der Waals surface area contributed by atoms with Crippen LogP contribution in [-0.2, 0) is 9.59 Å². The first kappa shape index (κ1) is 22.0. The predicted molar refractivity (Wildman–Crippen MR) is 115 cm³/mol. The summed E-state index contributed by atoms with van der Waals surface area (Å²) in [7, 11) is 1.51. The number of hydrogen-bond donors (Lipinski definition) is 1. The minimum absolute atomic E-state index is 0.0283. The number of anilines is 1. The number of nitrogens with one attached hydrogen (secondary N) is 1. The molecule has 8 heteroatoms. The Labute approximate surface area is 180 Å². The summed E-state index contributed by atoms with van der Waals surface area (Å²) in [6, 6.07) is 13.6. The van der Waals surface area contributed by atoms with Gasteiger partial charge in [-0.2, -0.15) is 0 Å². The molecule has 0 bridgehead atoms. The third-order valence-electron chi connectivity index (χ3n) is 4.99. The summed E-state index contributed by atoms with van der Waals surface area (Å²) in [4.78, 5) is 52.7. The van der Waals surface area contributed by atoms with E-state index < -0.39 is 11.8 Å². The van der Waals surface area contributed by atoms with Crippen LogP contribution >= 0.6 is 0 Å². The normalized spacial score (nSPS) is 12.5. The Morgan fingerprint density at radius 3 is 2.23 bits per heavy atom. The SMILES string of the molecule is CCCN(CC(=O)Nc1ccccc1OC)C(=O)CCN1C(=O)c2ccccc2C1=O. The Morgan fingerprint density at radius 2 is 1.61 bits per heavy atom. The molecule has 4 amide bonds. The van der Waals surface area contributed by atoms with Crippen LogP contribution in [0.4, 0.5) is 5.69 Å². The number of ether oxygens (including phenoxy) is 1. The molecular formula is C23H25N3O5. The lowest BCUT2D eigenvalue weighted by molar-refractivity contribution is -0.134. The first-order valence-corrected chi connectivity index (χ1v) is 10.1. The second kappa shape index (κ2) is 9.88. The van der Waals surface area contributed by atoms with Crippen LogP contribution in [0.1, 0.15) is 40.5 Å². The van der Waals surface area contributed by atoms with E-state index in [0.29, 0.717) is 35.5 Å². The number of amides is 4. The lowest BCUT2D eigenvalue weighted by Crippen LogP contribution is -2.41. The summed E-state index contributed by atoms with van der Waals surface area (Å²) >= 11 is 0. The highest BCUT2D eigenvalue weighted by Crippen LogP contribution is 2.24. The lowest BCUT2D eigenvalue weighted by Gasteiger charge is -2.23. The number of benzene rings is 2. The molecule has 3 rings (SSSR count). The smallest absolute Gasteiger partial charge is 0.261 e. The number of methoxy groups -OCH3 is 1. The highest BCUT2D eigenvalue weighted by atomic mass is 16.5. The van der Waals surface area contributed by atoms with Crippen molar-refractivity contribution >= 4 is 29.3 Å². The van der Waals surface area contributed by atoms with E-state index in [1.165, 1.54) is 12.0 Å². The fraction of sp³-hybridized carbons (Fsp3) is 0.304. The standard InChI is InChI=1S/C23H25N3O5/c1-3-13-25(15-20(27)24-18-10-6-7-11-19(18)31-2)21(28)12-14-26-22(29)16-8-4-5-9-17(16)23(26)30/h4-11H,3,12-15H2,1-2H3,(H,24,27). The minimum atomic E-state index is -0.399. The molecule has 0 atom stereocenters. The molecule has 1 heterocycles. The molecule has 0 aromatic heterocycles. The average molecular weight is 423 g/mol. The Balaban J connectivity index is 1.60. The van der Waals surface area contributed by atoms with Crippen LogP contribution in [0, 0.1) is 0 Å². The number of imide groups is 1. The van der Waals surface area contributed by atoms with Crippen molar-refractivity contribution < 1.29 is 23.9 Å². The maximum Gasteiger partial charge on any atom is 0.261 e. The van der Waals surface area contributed by atoms with Crippen molar-refractivity contribution in [3.05, 3.63) is 59.7 Å². The van der Waals surface area contributed by atoms with Gasteiger partial charge in [0.25, 0.3) is 11.8 Å². The summed E-state index contributed by atoms with van der Waals surface area (Å²) in [5.41, 5.74) is 1.22. The second-order valence-electron chi connectivity index (χ2n) is 7.12. The summed E-state index contributed by atoms with van der Waals surface area (Å²) in [6.45, 7) is 2.13. The highest BCUT2D eigenvalue weighted by Gasteiger charge is 2.35. The molecule has 2 aromatic rings. The molecule has 0 saturated carbocycles. The Hall–Kier alpha value is -3.68. The molecular weight excluding hydrogens is 398 g/mol. The van der Waals surface area contributed by atoms with E-state index in [2.05, 4.69) is 5.32 Å². The molecule has 0 saturated heterocycles. The van der Waals surface area contributed by atoms with Gasteiger partial charge in [-0.25, -0.2) is 0 Å². The van der Waals surface area contributed by atoms with Crippen molar-refractivity contribution in [2.24, 2.45) is 0 Å². The van der Waals surface area contributed by atoms with Gasteiger partial charge in [0.05, 0.1) is 30.5 Å². The molecule has 1 N–H and O–H groups in total. The van der Waals surface area contributed by atoms with Crippen molar-refractivity contribution in [1.29, 1.82) is 0 Å². The number of fused-ring (bicyclic) bond motifs is 1. The Morgan fingerprint density at radius 1 is 1.00 bits per heavy atom. The minimum Gasteiger partial charge on any atom is -0.495 e. The van der Waals surface area contributed by atoms with Crippen molar-refractivity contribution in [2.45, 2.75) is 19.8 Å². The van der Waals surface area contributed by atoms with E-state index in [9.17, 15) is 19.2 Å². The van der Waals surface area contributed by atoms with Crippen LogP contribution < -0.4 is 10.1 Å². The average Bonchev–Trinajstić information content (AvgIpc) is 3.02. The fourth-order valence-electron chi connectivity index (χ4n) is 3.48. The van der Waals surface area contributed by atoms with E-state index in [0.717, 1.165) is 4.90 Å². The largest absolute Gasteiger partial charge is 0.495 e. The van der Waals surface area contributed by atoms with Gasteiger partial charge in [-0.3, -0.25) is 24.1 Å². The Kier molecular flexibility index (Phi) is 7.02. The zero-order valence-corrected chi connectivity index (χ0v) is 17.6. The number of carbonyl (C=O) groups excluding carboxylic acids is 4. The van der Waals surface area contributed by atoms with Crippen LogP contribution in [0.15, 0.2) is 48.5 Å². The van der Waals surface area contributed by atoms with Crippen LogP contribution in [0.25, 0.3) is 0 Å². The van der Waals surface area contributed by atoms with E-state index in [-0.39, 0.29) is 31.3 Å². The van der Waals surface area contributed by atoms with Gasteiger partial charge in [0.15, 0.2) is 0 Å². The van der Waals surface area contributed by atoms with Gasteiger partial charge in [-0.05, 0) is 30.7 Å². The molecule has 0 fully saturated rings. The summed E-state index contributed by atoms with van der Waals surface area (Å²) in [5, 5.41) is 2.75. The molecule has 0 unspecified atom stereocenters. The highest BCUT2D eigenvalue weighted by molar-refractivity contribution is 6.21. The van der Waals surface area contributed by atoms with Gasteiger partial charge in [0, 0.05) is 19.5 Å². The number of rotatable bonds is 9. The predicted octanol–water partition coefficient (Wildman–Crippen LogP) is 2.56. The third kappa shape index (κ3) is 4.91.